The summed E-state index contributed by atoms with van der Waals surface area (Å²) in [7, 11) is 2.42. The second-order valence-corrected chi connectivity index (χ2v) is 6.20. The molecule has 0 amide bonds. The van der Waals surface area contributed by atoms with Crippen molar-refractivity contribution in [1.82, 2.24) is 5.32 Å². The summed E-state index contributed by atoms with van der Waals surface area (Å²) in [5.74, 6) is -1.07. The summed E-state index contributed by atoms with van der Waals surface area (Å²) in [6, 6.07) is 13.9. The standard InChI is InChI=1S/C11H12OS.C6H4F2.C3H8N2/c1-3-7-10(2)13(12)11-8-5-4-6-9-11;7-5-2-1-3-6(8)4-5;1-4-3-5-2/h3-9H,2H2,1H3;1-4H;3H,1-2H3,(H,4,5)/b7-3-;;. The molecule has 1 N–H and O–H groups in total. The zero-order chi connectivity index (χ0) is 19.8. The highest BCUT2D eigenvalue weighted by molar-refractivity contribution is 7.89. The molecule has 0 aliphatic rings. The first-order valence-corrected chi connectivity index (χ1v) is 8.88. The highest BCUT2D eigenvalue weighted by atomic mass is 32.2. The van der Waals surface area contributed by atoms with Crippen LogP contribution in [0.25, 0.3) is 0 Å². The van der Waals surface area contributed by atoms with E-state index in [9.17, 15) is 13.0 Å². The SMILES string of the molecule is C=C(/C=C\C)S(=O)c1ccccc1.CN=CNC.Fc1cccc(F)c1. The van der Waals surface area contributed by atoms with Gasteiger partial charge < -0.3 is 5.32 Å². The summed E-state index contributed by atoms with van der Waals surface area (Å²) in [6.45, 7) is 5.62. The lowest BCUT2D eigenvalue weighted by atomic mass is 10.3. The molecule has 0 spiro atoms. The minimum absolute atomic E-state index is 0.537. The molecule has 2 rings (SSSR count). The van der Waals surface area contributed by atoms with Crippen molar-refractivity contribution in [2.75, 3.05) is 14.1 Å². The largest absolute Gasteiger partial charge is 0.380 e. The van der Waals surface area contributed by atoms with Crippen molar-refractivity contribution in [3.63, 3.8) is 0 Å². The Labute approximate surface area is 156 Å². The lowest BCUT2D eigenvalue weighted by molar-refractivity contribution is 0.583. The van der Waals surface area contributed by atoms with Crippen molar-refractivity contribution in [3.8, 4) is 0 Å². The Morgan fingerprint density at radius 2 is 1.69 bits per heavy atom. The molecule has 6 heteroatoms. The highest BCUT2D eigenvalue weighted by Crippen LogP contribution is 2.13. The Morgan fingerprint density at radius 3 is 2.04 bits per heavy atom. The first kappa shape index (κ1) is 23.4. The van der Waals surface area contributed by atoms with E-state index in [1.807, 2.05) is 50.4 Å². The van der Waals surface area contributed by atoms with Gasteiger partial charge in [-0.05, 0) is 31.2 Å². The Kier molecular flexibility index (Phi) is 13.2. The van der Waals surface area contributed by atoms with Crippen molar-refractivity contribution in [2.24, 2.45) is 4.99 Å². The van der Waals surface area contributed by atoms with E-state index in [-0.39, 0.29) is 0 Å². The molecule has 0 fully saturated rings. The van der Waals surface area contributed by atoms with Crippen molar-refractivity contribution < 1.29 is 13.0 Å². The smallest absolute Gasteiger partial charge is 0.126 e. The van der Waals surface area contributed by atoms with Crippen LogP contribution in [0.4, 0.5) is 8.78 Å². The van der Waals surface area contributed by atoms with Gasteiger partial charge in [0.15, 0.2) is 0 Å². The molecule has 0 aliphatic heterocycles. The fraction of sp³-hybridized carbons (Fsp3) is 0.150. The van der Waals surface area contributed by atoms with Gasteiger partial charge in [-0.1, -0.05) is 43.0 Å². The molecule has 0 saturated heterocycles. The highest BCUT2D eigenvalue weighted by Gasteiger charge is 2.03. The van der Waals surface area contributed by atoms with Gasteiger partial charge in [-0.15, -0.1) is 0 Å². The van der Waals surface area contributed by atoms with Gasteiger partial charge in [0.2, 0.25) is 0 Å². The van der Waals surface area contributed by atoms with E-state index in [1.165, 1.54) is 18.2 Å². The van der Waals surface area contributed by atoms with Crippen LogP contribution in [0.3, 0.4) is 0 Å². The summed E-state index contributed by atoms with van der Waals surface area (Å²) in [6.07, 6.45) is 5.23. The Morgan fingerprint density at radius 1 is 1.12 bits per heavy atom. The average Bonchev–Trinajstić information content (AvgIpc) is 2.63. The molecule has 2 aromatic rings. The molecule has 0 aliphatic carbocycles. The van der Waals surface area contributed by atoms with Crippen LogP contribution in [0.2, 0.25) is 0 Å². The lowest BCUT2D eigenvalue weighted by Crippen LogP contribution is -1.99. The van der Waals surface area contributed by atoms with Crippen LogP contribution in [0.15, 0.2) is 88.1 Å². The Balaban J connectivity index is 0.000000409. The van der Waals surface area contributed by atoms with E-state index >= 15 is 0 Å². The first-order chi connectivity index (χ1) is 12.5. The molecule has 0 aromatic heterocycles. The van der Waals surface area contributed by atoms with Gasteiger partial charge in [0, 0.05) is 30.0 Å². The van der Waals surface area contributed by atoms with Crippen molar-refractivity contribution in [1.29, 1.82) is 0 Å². The Hall–Kier alpha value is -2.60. The maximum absolute atomic E-state index is 11.9. The van der Waals surface area contributed by atoms with Gasteiger partial charge in [-0.2, -0.15) is 0 Å². The first-order valence-electron chi connectivity index (χ1n) is 7.73. The molecule has 2 aromatic carbocycles. The van der Waals surface area contributed by atoms with Crippen molar-refractivity contribution >= 4 is 17.1 Å². The number of hydrogen-bond acceptors (Lipinski definition) is 2. The minimum atomic E-state index is -1.11. The molecular weight excluding hydrogens is 354 g/mol. The number of allylic oxidation sites excluding steroid dienone is 2. The third-order valence-corrected chi connectivity index (χ3v) is 3.91. The van der Waals surface area contributed by atoms with Crippen LogP contribution in [-0.2, 0) is 10.8 Å². The van der Waals surface area contributed by atoms with Crippen molar-refractivity contribution in [2.45, 2.75) is 11.8 Å². The summed E-state index contributed by atoms with van der Waals surface area (Å²) in [4.78, 5) is 5.05. The molecule has 0 radical (unpaired) electrons. The summed E-state index contributed by atoms with van der Waals surface area (Å²) >= 11 is 0. The zero-order valence-electron chi connectivity index (χ0n) is 15.2. The Bertz CT molecular complexity index is 714. The van der Waals surface area contributed by atoms with E-state index in [0.29, 0.717) is 4.91 Å². The van der Waals surface area contributed by atoms with Gasteiger partial charge in [-0.3, -0.25) is 4.99 Å². The lowest BCUT2D eigenvalue weighted by Gasteiger charge is -1.99. The third kappa shape index (κ3) is 11.0. The maximum atomic E-state index is 11.9. The van der Waals surface area contributed by atoms with Gasteiger partial charge in [-0.25, -0.2) is 13.0 Å². The second kappa shape index (κ2) is 14.7. The van der Waals surface area contributed by atoms with Crippen molar-refractivity contribution in [3.05, 3.63) is 89.9 Å². The predicted molar refractivity (Wildman–Crippen MR) is 107 cm³/mol. The van der Waals surface area contributed by atoms with Crippen LogP contribution in [0.5, 0.6) is 0 Å². The normalized spacial score (nSPS) is 11.1. The number of benzene rings is 2. The number of nitrogens with zero attached hydrogens (tertiary/aromatic N) is 1. The van der Waals surface area contributed by atoms with Gasteiger partial charge in [0.25, 0.3) is 0 Å². The molecule has 0 heterocycles. The number of nitrogens with one attached hydrogen (secondary N) is 1. The molecule has 26 heavy (non-hydrogen) atoms. The number of halogens is 2. The third-order valence-electron chi connectivity index (χ3n) is 2.59. The van der Waals surface area contributed by atoms with E-state index in [0.717, 1.165) is 11.0 Å². The zero-order valence-corrected chi connectivity index (χ0v) is 16.0. The van der Waals surface area contributed by atoms with Gasteiger partial charge in [0.05, 0.1) is 17.1 Å². The molecule has 0 saturated carbocycles. The monoisotopic (exact) mass is 378 g/mol. The maximum Gasteiger partial charge on any atom is 0.126 e. The van der Waals surface area contributed by atoms with E-state index in [1.54, 1.807) is 19.5 Å². The molecule has 1 atom stereocenters. The molecule has 1 unspecified atom stereocenters. The fourth-order valence-corrected chi connectivity index (χ4v) is 2.50. The average molecular weight is 378 g/mol. The number of hydrogen-bond donors (Lipinski definition) is 1. The summed E-state index contributed by atoms with van der Waals surface area (Å²) < 4.78 is 35.5. The van der Waals surface area contributed by atoms with Crippen LogP contribution < -0.4 is 5.32 Å². The summed E-state index contributed by atoms with van der Waals surface area (Å²) in [5, 5.41) is 2.73. The van der Waals surface area contributed by atoms with Crippen LogP contribution in [0.1, 0.15) is 6.92 Å². The van der Waals surface area contributed by atoms with Gasteiger partial charge in [0.1, 0.15) is 11.6 Å². The summed E-state index contributed by atoms with van der Waals surface area (Å²) in [5.41, 5.74) is 0. The topological polar surface area (TPSA) is 41.5 Å². The van der Waals surface area contributed by atoms with Gasteiger partial charge >= 0.3 is 0 Å². The second-order valence-electron chi connectivity index (χ2n) is 4.66. The predicted octanol–water partition coefficient (Wildman–Crippen LogP) is 4.71. The molecule has 0 bridgehead atoms. The fourth-order valence-electron chi connectivity index (χ4n) is 1.53. The van der Waals surface area contributed by atoms with E-state index in [2.05, 4.69) is 16.9 Å². The van der Waals surface area contributed by atoms with Crippen LogP contribution in [-0.4, -0.2) is 24.6 Å². The van der Waals surface area contributed by atoms with E-state index in [4.69, 9.17) is 0 Å². The minimum Gasteiger partial charge on any atom is -0.380 e. The quantitative estimate of drug-likeness (QED) is 0.475. The van der Waals surface area contributed by atoms with E-state index < -0.39 is 22.4 Å². The molecule has 140 valence electrons. The molecule has 3 nitrogen and oxygen atoms in total. The number of rotatable bonds is 4. The molecular formula is C20H24F2N2OS. The van der Waals surface area contributed by atoms with Crippen LogP contribution >= 0.6 is 0 Å². The number of aliphatic imine (C=N–C) groups is 1. The van der Waals surface area contributed by atoms with Crippen LogP contribution in [0, 0.1) is 11.6 Å².